The number of benzene rings is 4. The number of allylic oxidation sites excluding steroid dienone is 3. The Morgan fingerprint density at radius 1 is 0.694 bits per heavy atom. The highest BCUT2D eigenvalue weighted by Gasteiger charge is 2.45. The summed E-state index contributed by atoms with van der Waals surface area (Å²) in [7, 11) is 0. The summed E-state index contributed by atoms with van der Waals surface area (Å²) in [5, 5.41) is 0. The van der Waals surface area contributed by atoms with Crippen LogP contribution in [0.4, 0.5) is 22.7 Å². The van der Waals surface area contributed by atoms with E-state index in [0.717, 1.165) is 17.9 Å². The Morgan fingerprint density at radius 2 is 1.43 bits per heavy atom. The highest BCUT2D eigenvalue weighted by molar-refractivity contribution is 7.99. The Labute approximate surface area is 293 Å². The summed E-state index contributed by atoms with van der Waals surface area (Å²) >= 11 is 1.83. The third kappa shape index (κ3) is 4.75. The molecule has 5 aromatic rings. The van der Waals surface area contributed by atoms with Crippen LogP contribution in [0.25, 0.3) is 23.3 Å². The zero-order chi connectivity index (χ0) is 32.4. The van der Waals surface area contributed by atoms with Crippen molar-refractivity contribution in [2.45, 2.75) is 66.6 Å². The van der Waals surface area contributed by atoms with Gasteiger partial charge in [0.25, 0.3) is 0 Å². The van der Waals surface area contributed by atoms with Crippen LogP contribution in [0.15, 0.2) is 136 Å². The van der Waals surface area contributed by atoms with E-state index in [1.54, 1.807) is 11.1 Å². The minimum absolute atomic E-state index is 0.124. The fraction of sp³-hybridized carbons (Fsp3) is 0.222. The van der Waals surface area contributed by atoms with Gasteiger partial charge in [0.05, 0.1) is 29.0 Å². The number of para-hydroxylation sites is 2. The van der Waals surface area contributed by atoms with Crippen LogP contribution in [0.5, 0.6) is 0 Å². The maximum Gasteiger partial charge on any atom is 0.0646 e. The lowest BCUT2D eigenvalue weighted by atomic mass is 9.76. The van der Waals surface area contributed by atoms with Crippen LogP contribution >= 0.6 is 11.8 Å². The van der Waals surface area contributed by atoms with Crippen LogP contribution in [0.1, 0.15) is 73.8 Å². The zero-order valence-corrected chi connectivity index (χ0v) is 28.6. The molecule has 4 aromatic carbocycles. The SMILES string of the molecule is C1=CC2=C(CC1)CCCN2c1ccc2c(c1)C1(CCCC1)c1cc(/C=C/c3ccc(N4c5ccccc5Sc5ccccc54)cn3)ccc1-2. The van der Waals surface area contributed by atoms with E-state index in [4.69, 9.17) is 4.98 Å². The average molecular weight is 654 g/mol. The molecule has 3 aliphatic carbocycles. The van der Waals surface area contributed by atoms with Gasteiger partial charge in [0, 0.05) is 33.1 Å². The molecule has 3 nitrogen and oxygen atoms in total. The molecular weight excluding hydrogens is 615 g/mol. The lowest BCUT2D eigenvalue weighted by Gasteiger charge is -2.35. The molecule has 49 heavy (non-hydrogen) atoms. The fourth-order valence-electron chi connectivity index (χ4n) is 9.15. The van der Waals surface area contributed by atoms with Gasteiger partial charge in [0.1, 0.15) is 0 Å². The van der Waals surface area contributed by atoms with Gasteiger partial charge >= 0.3 is 0 Å². The fourth-order valence-corrected chi connectivity index (χ4v) is 10.2. The van der Waals surface area contributed by atoms with Crippen LogP contribution in [-0.2, 0) is 5.41 Å². The Morgan fingerprint density at radius 3 is 2.20 bits per heavy atom. The second-order valence-electron chi connectivity index (χ2n) is 14.2. The van der Waals surface area contributed by atoms with Crippen LogP contribution in [0.2, 0.25) is 0 Å². The van der Waals surface area contributed by atoms with Crippen molar-refractivity contribution in [3.05, 3.63) is 149 Å². The predicted octanol–water partition coefficient (Wildman–Crippen LogP) is 12.2. The summed E-state index contributed by atoms with van der Waals surface area (Å²) in [6.07, 6.45) is 21.2. The zero-order valence-electron chi connectivity index (χ0n) is 27.7. The second-order valence-corrected chi connectivity index (χ2v) is 15.2. The molecular formula is C45H39N3S. The second kappa shape index (κ2) is 11.7. The van der Waals surface area contributed by atoms with E-state index in [2.05, 4.69) is 131 Å². The highest BCUT2D eigenvalue weighted by atomic mass is 32.2. The van der Waals surface area contributed by atoms with E-state index >= 15 is 0 Å². The number of hydrogen-bond acceptors (Lipinski definition) is 4. The van der Waals surface area contributed by atoms with Gasteiger partial charge in [0.15, 0.2) is 0 Å². The van der Waals surface area contributed by atoms with E-state index in [0.29, 0.717) is 0 Å². The molecule has 240 valence electrons. The van der Waals surface area contributed by atoms with Gasteiger partial charge in [0.2, 0.25) is 0 Å². The van der Waals surface area contributed by atoms with Crippen LogP contribution in [0, 0.1) is 0 Å². The molecule has 1 aromatic heterocycles. The quantitative estimate of drug-likeness (QED) is 0.188. The first-order valence-electron chi connectivity index (χ1n) is 18.0. The largest absolute Gasteiger partial charge is 0.342 e. The molecule has 0 atom stereocenters. The molecule has 1 saturated carbocycles. The third-order valence-corrected chi connectivity index (χ3v) is 12.6. The molecule has 1 fully saturated rings. The van der Waals surface area contributed by atoms with Gasteiger partial charge < -0.3 is 9.80 Å². The van der Waals surface area contributed by atoms with E-state index in [9.17, 15) is 0 Å². The molecule has 0 N–H and O–H groups in total. The topological polar surface area (TPSA) is 19.4 Å². The van der Waals surface area contributed by atoms with E-state index in [1.807, 2.05) is 18.0 Å². The first kappa shape index (κ1) is 29.1. The summed E-state index contributed by atoms with van der Waals surface area (Å²) in [4.78, 5) is 12.4. The number of fused-ring (bicyclic) bond motifs is 7. The van der Waals surface area contributed by atoms with Crippen molar-refractivity contribution < 1.29 is 0 Å². The Bertz CT molecular complexity index is 2160. The van der Waals surface area contributed by atoms with Gasteiger partial charge in [-0.2, -0.15) is 0 Å². The van der Waals surface area contributed by atoms with Crippen molar-refractivity contribution >= 4 is 46.7 Å². The van der Waals surface area contributed by atoms with Crippen LogP contribution in [0.3, 0.4) is 0 Å². The van der Waals surface area contributed by atoms with Crippen molar-refractivity contribution in [2.75, 3.05) is 16.3 Å². The number of hydrogen-bond donors (Lipinski definition) is 0. The molecule has 0 radical (unpaired) electrons. The minimum atomic E-state index is 0.124. The van der Waals surface area contributed by atoms with E-state index in [1.165, 1.54) is 106 Å². The first-order valence-corrected chi connectivity index (χ1v) is 18.8. The molecule has 0 bridgehead atoms. The monoisotopic (exact) mass is 653 g/mol. The standard InChI is InChI=1S/C45H39N3S/c1-2-12-40-32(10-1)11-9-27-47(40)34-22-24-37-36-23-18-31(28-38(36)45(39(37)29-34)25-7-8-26-45)17-19-33-20-21-35(30-46-33)48-41-13-3-5-15-43(41)49-44-16-6-4-14-42(44)48/h2-6,12-24,28-30H,1,7-11,25-27H2/b19-17+. The summed E-state index contributed by atoms with van der Waals surface area (Å²) in [5.74, 6) is 0. The minimum Gasteiger partial charge on any atom is -0.342 e. The summed E-state index contributed by atoms with van der Waals surface area (Å²) in [6.45, 7) is 1.11. The van der Waals surface area contributed by atoms with E-state index < -0.39 is 0 Å². The summed E-state index contributed by atoms with van der Waals surface area (Å²) in [6, 6.07) is 36.1. The average Bonchev–Trinajstić information content (AvgIpc) is 3.76. The van der Waals surface area contributed by atoms with Crippen molar-refractivity contribution in [1.82, 2.24) is 4.98 Å². The molecule has 0 saturated heterocycles. The molecule has 3 heterocycles. The number of nitrogens with zero attached hydrogens (tertiary/aromatic N) is 3. The van der Waals surface area contributed by atoms with Crippen LogP contribution in [-0.4, -0.2) is 11.5 Å². The summed E-state index contributed by atoms with van der Waals surface area (Å²) < 4.78 is 0. The molecule has 0 amide bonds. The maximum absolute atomic E-state index is 4.93. The van der Waals surface area contributed by atoms with Gasteiger partial charge in [-0.3, -0.25) is 4.98 Å². The van der Waals surface area contributed by atoms with Gasteiger partial charge in [-0.15, -0.1) is 0 Å². The molecule has 0 unspecified atom stereocenters. The van der Waals surface area contributed by atoms with Crippen molar-refractivity contribution in [3.63, 3.8) is 0 Å². The molecule has 5 aliphatic rings. The van der Waals surface area contributed by atoms with Crippen molar-refractivity contribution in [1.29, 1.82) is 0 Å². The molecule has 2 aliphatic heterocycles. The molecule has 4 heteroatoms. The lowest BCUT2D eigenvalue weighted by Crippen LogP contribution is -2.29. The number of rotatable bonds is 4. The normalized spacial score (nSPS) is 18.4. The number of aromatic nitrogens is 1. The van der Waals surface area contributed by atoms with Gasteiger partial charge in [-0.1, -0.05) is 85.3 Å². The lowest BCUT2D eigenvalue weighted by molar-refractivity contribution is 0.549. The Balaban J connectivity index is 0.951. The molecule has 10 rings (SSSR count). The maximum atomic E-state index is 4.93. The Kier molecular flexibility index (Phi) is 6.94. The number of anilines is 4. The van der Waals surface area contributed by atoms with Gasteiger partial charge in [-0.25, -0.2) is 0 Å². The predicted molar refractivity (Wildman–Crippen MR) is 205 cm³/mol. The summed E-state index contributed by atoms with van der Waals surface area (Å²) in [5.41, 5.74) is 16.3. The smallest absolute Gasteiger partial charge is 0.0646 e. The first-order chi connectivity index (χ1) is 24.2. The Hall–Kier alpha value is -4.80. The van der Waals surface area contributed by atoms with Crippen molar-refractivity contribution in [2.24, 2.45) is 0 Å². The van der Waals surface area contributed by atoms with Crippen molar-refractivity contribution in [3.8, 4) is 11.1 Å². The number of pyridine rings is 1. The molecule has 1 spiro atoms. The third-order valence-electron chi connectivity index (χ3n) is 11.4. The van der Waals surface area contributed by atoms with E-state index in [-0.39, 0.29) is 5.41 Å². The van der Waals surface area contributed by atoms with Gasteiger partial charge in [-0.05, 0) is 133 Å². The van der Waals surface area contributed by atoms with Crippen LogP contribution < -0.4 is 9.80 Å². The highest BCUT2D eigenvalue weighted by Crippen LogP contribution is 2.58.